The second-order valence-electron chi connectivity index (χ2n) is 4.49. The van der Waals surface area contributed by atoms with Gasteiger partial charge in [-0.2, -0.15) is 0 Å². The predicted molar refractivity (Wildman–Crippen MR) is 82.0 cm³/mol. The molecule has 0 saturated heterocycles. The Balaban J connectivity index is 2.92. The van der Waals surface area contributed by atoms with Crippen LogP contribution >= 0.6 is 0 Å². The Labute approximate surface area is 127 Å². The molecular weight excluding hydrogens is 284 g/mol. The molecule has 2 rings (SSSR count). The molecule has 114 valence electrons. The summed E-state index contributed by atoms with van der Waals surface area (Å²) < 4.78 is 10.6. The van der Waals surface area contributed by atoms with Crippen LogP contribution in [-0.2, 0) is 0 Å². The first-order chi connectivity index (χ1) is 10.5. The molecule has 0 aromatic heterocycles. The standard InChI is InChI=1S/C16H16N2O4/c1-21-11-7-3-5-9(15(17)19)13(11)14-10(16(18)20)6-4-8-12(14)22-2/h3-8H,1-2H3,(H2,17,19)(H2,18,20). The van der Waals surface area contributed by atoms with Gasteiger partial charge in [0.1, 0.15) is 11.5 Å². The maximum absolute atomic E-state index is 11.8. The van der Waals surface area contributed by atoms with Gasteiger partial charge in [0.05, 0.1) is 25.3 Å². The molecule has 0 unspecified atom stereocenters. The van der Waals surface area contributed by atoms with Gasteiger partial charge >= 0.3 is 0 Å². The predicted octanol–water partition coefficient (Wildman–Crippen LogP) is 1.57. The Morgan fingerprint density at radius 2 is 1.14 bits per heavy atom. The summed E-state index contributed by atoms with van der Waals surface area (Å²) in [5.74, 6) is -0.503. The molecule has 2 aromatic carbocycles. The Hall–Kier alpha value is -3.02. The Kier molecular flexibility index (Phi) is 4.31. The van der Waals surface area contributed by atoms with Gasteiger partial charge in [-0.25, -0.2) is 0 Å². The molecule has 2 amide bonds. The Morgan fingerprint density at radius 3 is 1.41 bits per heavy atom. The quantitative estimate of drug-likeness (QED) is 0.874. The average molecular weight is 300 g/mol. The van der Waals surface area contributed by atoms with Gasteiger partial charge in [0.2, 0.25) is 11.8 Å². The van der Waals surface area contributed by atoms with Crippen LogP contribution < -0.4 is 20.9 Å². The number of benzene rings is 2. The summed E-state index contributed by atoms with van der Waals surface area (Å²) in [5, 5.41) is 0. The number of nitrogens with two attached hydrogens (primary N) is 2. The zero-order valence-corrected chi connectivity index (χ0v) is 12.3. The minimum atomic E-state index is -0.643. The van der Waals surface area contributed by atoms with Crippen molar-refractivity contribution in [2.75, 3.05) is 14.2 Å². The second kappa shape index (κ2) is 6.17. The summed E-state index contributed by atoms with van der Waals surface area (Å²) in [6.07, 6.45) is 0. The molecule has 2 aromatic rings. The van der Waals surface area contributed by atoms with E-state index < -0.39 is 11.8 Å². The van der Waals surface area contributed by atoms with Crippen molar-refractivity contribution in [3.05, 3.63) is 47.5 Å². The third kappa shape index (κ3) is 2.58. The van der Waals surface area contributed by atoms with Crippen molar-refractivity contribution in [2.45, 2.75) is 0 Å². The molecule has 0 aliphatic heterocycles. The molecule has 0 saturated carbocycles. The SMILES string of the molecule is COc1cccc(C(N)=O)c1-c1c(OC)cccc1C(N)=O. The van der Waals surface area contributed by atoms with Crippen LogP contribution in [0.4, 0.5) is 0 Å². The van der Waals surface area contributed by atoms with E-state index >= 15 is 0 Å². The van der Waals surface area contributed by atoms with Crippen LogP contribution in [-0.4, -0.2) is 26.0 Å². The largest absolute Gasteiger partial charge is 0.496 e. The lowest BCUT2D eigenvalue weighted by atomic mass is 9.93. The van der Waals surface area contributed by atoms with Crippen LogP contribution in [0.1, 0.15) is 20.7 Å². The number of carbonyl (C=O) groups excluding carboxylic acids is 2. The second-order valence-corrected chi connectivity index (χ2v) is 4.49. The lowest BCUT2D eigenvalue weighted by Gasteiger charge is -2.17. The van der Waals surface area contributed by atoms with Crippen LogP contribution in [0.15, 0.2) is 36.4 Å². The van der Waals surface area contributed by atoms with Crippen LogP contribution in [0.5, 0.6) is 11.5 Å². The fraction of sp³-hybridized carbons (Fsp3) is 0.125. The van der Waals surface area contributed by atoms with Gasteiger partial charge in [-0.3, -0.25) is 9.59 Å². The Morgan fingerprint density at radius 1 is 0.773 bits per heavy atom. The molecule has 0 aliphatic rings. The van der Waals surface area contributed by atoms with E-state index in [4.69, 9.17) is 20.9 Å². The zero-order valence-electron chi connectivity index (χ0n) is 12.3. The van der Waals surface area contributed by atoms with E-state index in [-0.39, 0.29) is 11.1 Å². The van der Waals surface area contributed by atoms with E-state index in [1.54, 1.807) is 36.4 Å². The van der Waals surface area contributed by atoms with Gasteiger partial charge in [-0.1, -0.05) is 12.1 Å². The summed E-state index contributed by atoms with van der Waals surface area (Å²) in [6, 6.07) is 9.72. The summed E-state index contributed by atoms with van der Waals surface area (Å²) in [5.41, 5.74) is 12.1. The lowest BCUT2D eigenvalue weighted by molar-refractivity contribution is 0.0990. The van der Waals surface area contributed by atoms with Gasteiger partial charge in [0.15, 0.2) is 0 Å². The summed E-state index contributed by atoms with van der Waals surface area (Å²) >= 11 is 0. The smallest absolute Gasteiger partial charge is 0.249 e. The first kappa shape index (κ1) is 15.4. The number of methoxy groups -OCH3 is 2. The number of rotatable bonds is 5. The average Bonchev–Trinajstić information content (AvgIpc) is 2.52. The molecule has 0 atom stereocenters. The van der Waals surface area contributed by atoms with E-state index in [0.29, 0.717) is 22.6 Å². The normalized spacial score (nSPS) is 10.1. The van der Waals surface area contributed by atoms with Crippen molar-refractivity contribution in [2.24, 2.45) is 11.5 Å². The van der Waals surface area contributed by atoms with E-state index in [1.165, 1.54) is 14.2 Å². The van der Waals surface area contributed by atoms with E-state index in [9.17, 15) is 9.59 Å². The highest BCUT2D eigenvalue weighted by Gasteiger charge is 2.23. The number of carbonyl (C=O) groups is 2. The number of amides is 2. The number of hydrogen-bond acceptors (Lipinski definition) is 4. The maximum Gasteiger partial charge on any atom is 0.249 e. The lowest BCUT2D eigenvalue weighted by Crippen LogP contribution is -2.16. The highest BCUT2D eigenvalue weighted by molar-refractivity contribution is 6.08. The van der Waals surface area contributed by atoms with Crippen molar-refractivity contribution >= 4 is 11.8 Å². The molecule has 22 heavy (non-hydrogen) atoms. The molecule has 0 fully saturated rings. The molecule has 0 radical (unpaired) electrons. The van der Waals surface area contributed by atoms with Gasteiger partial charge in [-0.05, 0) is 24.3 Å². The highest BCUT2D eigenvalue weighted by Crippen LogP contribution is 2.41. The van der Waals surface area contributed by atoms with E-state index in [0.717, 1.165) is 0 Å². The van der Waals surface area contributed by atoms with Crippen molar-refractivity contribution in [1.29, 1.82) is 0 Å². The summed E-state index contributed by atoms with van der Waals surface area (Å²) in [7, 11) is 2.92. The molecule has 6 nitrogen and oxygen atoms in total. The molecule has 0 bridgehead atoms. The fourth-order valence-electron chi connectivity index (χ4n) is 2.33. The van der Waals surface area contributed by atoms with Gasteiger partial charge in [0.25, 0.3) is 0 Å². The molecule has 0 spiro atoms. The maximum atomic E-state index is 11.8. The first-order valence-corrected chi connectivity index (χ1v) is 6.45. The third-order valence-electron chi connectivity index (χ3n) is 3.27. The van der Waals surface area contributed by atoms with Crippen LogP contribution in [0.3, 0.4) is 0 Å². The van der Waals surface area contributed by atoms with Crippen LogP contribution in [0.25, 0.3) is 11.1 Å². The van der Waals surface area contributed by atoms with Crippen molar-refractivity contribution in [1.82, 2.24) is 0 Å². The summed E-state index contributed by atoms with van der Waals surface area (Å²) in [6.45, 7) is 0. The van der Waals surface area contributed by atoms with Gasteiger partial charge < -0.3 is 20.9 Å². The van der Waals surface area contributed by atoms with Gasteiger partial charge in [-0.15, -0.1) is 0 Å². The van der Waals surface area contributed by atoms with E-state index in [2.05, 4.69) is 0 Å². The molecule has 4 N–H and O–H groups in total. The van der Waals surface area contributed by atoms with Crippen molar-refractivity contribution < 1.29 is 19.1 Å². The molecular formula is C16H16N2O4. The van der Waals surface area contributed by atoms with Crippen molar-refractivity contribution in [3.63, 3.8) is 0 Å². The van der Waals surface area contributed by atoms with Crippen LogP contribution in [0.2, 0.25) is 0 Å². The third-order valence-corrected chi connectivity index (χ3v) is 3.27. The molecule has 6 heteroatoms. The minimum absolute atomic E-state index is 0.214. The Bertz CT molecular complexity index is 677. The molecule has 0 aliphatic carbocycles. The monoisotopic (exact) mass is 300 g/mol. The zero-order chi connectivity index (χ0) is 16.3. The number of ether oxygens (including phenoxy) is 2. The number of hydrogen-bond donors (Lipinski definition) is 2. The van der Waals surface area contributed by atoms with E-state index in [1.807, 2.05) is 0 Å². The highest BCUT2D eigenvalue weighted by atomic mass is 16.5. The molecule has 0 heterocycles. The minimum Gasteiger partial charge on any atom is -0.496 e. The van der Waals surface area contributed by atoms with Gasteiger partial charge in [0, 0.05) is 11.1 Å². The number of primary amides is 2. The first-order valence-electron chi connectivity index (χ1n) is 6.45. The summed E-state index contributed by atoms with van der Waals surface area (Å²) in [4.78, 5) is 23.5. The topological polar surface area (TPSA) is 105 Å². The van der Waals surface area contributed by atoms with Crippen LogP contribution in [0, 0.1) is 0 Å². The van der Waals surface area contributed by atoms with Crippen molar-refractivity contribution in [3.8, 4) is 22.6 Å². The fourth-order valence-corrected chi connectivity index (χ4v) is 2.33.